The number of carbonyl (C=O) groups excluding carboxylic acids is 1. The Kier molecular flexibility index (Phi) is 5.80. The number of halogens is 4. The smallest absolute Gasteiger partial charge is 0.310 e. The van der Waals surface area contributed by atoms with Gasteiger partial charge >= 0.3 is 5.97 Å². The highest BCUT2D eigenvalue weighted by atomic mass is 19.2. The maximum Gasteiger partial charge on any atom is 0.310 e. The second-order valence-corrected chi connectivity index (χ2v) is 6.86. The van der Waals surface area contributed by atoms with E-state index >= 15 is 0 Å². The fourth-order valence-electron chi connectivity index (χ4n) is 3.11. The number of hydrogen-bond acceptors (Lipinski definition) is 2. The lowest BCUT2D eigenvalue weighted by Gasteiger charge is -2.11. The van der Waals surface area contributed by atoms with Crippen LogP contribution in [0.5, 0.6) is 0 Å². The van der Waals surface area contributed by atoms with E-state index in [9.17, 15) is 22.4 Å². The van der Waals surface area contributed by atoms with E-state index < -0.39 is 59.3 Å². The SMILES string of the molecule is C#CCc1c(F)c(F)c(COC(=O)C2C(C=CCC)C2(C)C)c(F)c1F. The Morgan fingerprint density at radius 1 is 1.15 bits per heavy atom. The van der Waals surface area contributed by atoms with Gasteiger partial charge in [-0.2, -0.15) is 0 Å². The second-order valence-electron chi connectivity index (χ2n) is 6.86. The number of carbonyl (C=O) groups is 1. The molecular formula is C20H20F4O2. The van der Waals surface area contributed by atoms with Crippen molar-refractivity contribution in [1.82, 2.24) is 0 Å². The summed E-state index contributed by atoms with van der Waals surface area (Å²) >= 11 is 0. The molecule has 0 aromatic heterocycles. The third-order valence-corrected chi connectivity index (χ3v) is 4.83. The summed E-state index contributed by atoms with van der Waals surface area (Å²) in [4.78, 5) is 12.2. The summed E-state index contributed by atoms with van der Waals surface area (Å²) in [6.45, 7) is 4.81. The average molecular weight is 368 g/mol. The summed E-state index contributed by atoms with van der Waals surface area (Å²) in [5.41, 5.74) is -2.16. The van der Waals surface area contributed by atoms with Crippen molar-refractivity contribution in [2.75, 3.05) is 0 Å². The van der Waals surface area contributed by atoms with Gasteiger partial charge in [0, 0.05) is 12.0 Å². The minimum Gasteiger partial charge on any atom is -0.460 e. The number of ether oxygens (including phenoxy) is 1. The second kappa shape index (κ2) is 7.53. The molecule has 1 saturated carbocycles. The van der Waals surface area contributed by atoms with Crippen LogP contribution in [0.3, 0.4) is 0 Å². The molecule has 0 radical (unpaired) electrons. The molecule has 2 unspecified atom stereocenters. The molecule has 1 aliphatic carbocycles. The molecule has 0 heterocycles. The molecular weight excluding hydrogens is 348 g/mol. The monoisotopic (exact) mass is 368 g/mol. The zero-order valence-corrected chi connectivity index (χ0v) is 14.8. The minimum absolute atomic E-state index is 0.0453. The van der Waals surface area contributed by atoms with Crippen molar-refractivity contribution in [3.8, 4) is 12.3 Å². The van der Waals surface area contributed by atoms with Crippen molar-refractivity contribution in [3.05, 3.63) is 46.5 Å². The molecule has 2 rings (SSSR count). The first-order valence-corrected chi connectivity index (χ1v) is 8.28. The lowest BCUT2D eigenvalue weighted by atomic mass is 10.1. The summed E-state index contributed by atoms with van der Waals surface area (Å²) in [6, 6.07) is 0. The first-order chi connectivity index (χ1) is 12.2. The zero-order valence-electron chi connectivity index (χ0n) is 14.8. The number of hydrogen-bond donors (Lipinski definition) is 0. The van der Waals surface area contributed by atoms with Crippen LogP contribution in [0, 0.1) is 52.9 Å². The van der Waals surface area contributed by atoms with E-state index in [-0.39, 0.29) is 11.3 Å². The first-order valence-electron chi connectivity index (χ1n) is 8.28. The Hall–Kier alpha value is -2.29. The molecule has 2 nitrogen and oxygen atoms in total. The normalized spacial score (nSPS) is 20.8. The minimum atomic E-state index is -1.60. The van der Waals surface area contributed by atoms with E-state index in [0.717, 1.165) is 6.42 Å². The molecule has 0 aliphatic heterocycles. The molecule has 0 N–H and O–H groups in total. The lowest BCUT2D eigenvalue weighted by molar-refractivity contribution is -0.147. The van der Waals surface area contributed by atoms with Gasteiger partial charge in [-0.25, -0.2) is 17.6 Å². The maximum atomic E-state index is 14.0. The molecule has 6 heteroatoms. The van der Waals surface area contributed by atoms with E-state index in [1.807, 2.05) is 38.8 Å². The number of esters is 1. The van der Waals surface area contributed by atoms with Crippen molar-refractivity contribution in [2.45, 2.75) is 40.2 Å². The van der Waals surface area contributed by atoms with Crippen molar-refractivity contribution in [3.63, 3.8) is 0 Å². The first kappa shape index (κ1) is 20.0. The van der Waals surface area contributed by atoms with Crippen molar-refractivity contribution in [1.29, 1.82) is 0 Å². The highest BCUT2D eigenvalue weighted by Crippen LogP contribution is 2.59. The third-order valence-electron chi connectivity index (χ3n) is 4.83. The van der Waals surface area contributed by atoms with E-state index in [1.54, 1.807) is 0 Å². The molecule has 0 amide bonds. The summed E-state index contributed by atoms with van der Waals surface area (Å²) in [5.74, 6) is -5.56. The van der Waals surface area contributed by atoms with Crippen LogP contribution < -0.4 is 0 Å². The summed E-state index contributed by atoms with van der Waals surface area (Å²) < 4.78 is 60.8. The van der Waals surface area contributed by atoms with Gasteiger partial charge in [0.15, 0.2) is 23.3 Å². The van der Waals surface area contributed by atoms with Crippen LogP contribution in [0.1, 0.15) is 38.3 Å². The van der Waals surface area contributed by atoms with Gasteiger partial charge in [0.05, 0.1) is 11.5 Å². The molecule has 1 aliphatic rings. The summed E-state index contributed by atoms with van der Waals surface area (Å²) in [5, 5.41) is 0. The number of benzene rings is 1. The Bertz CT molecular complexity index is 761. The standard InChI is InChI=1S/C20H20F4O2/c1-5-7-9-13-14(20(13,3)4)19(25)26-10-12-17(23)15(21)11(8-6-2)16(22)18(12)24/h2,7,9,13-14H,5,8,10H2,1,3-4H3. The predicted octanol–water partition coefficient (Wildman–Crippen LogP) is 4.70. The quantitative estimate of drug-likeness (QED) is 0.239. The molecule has 2 atom stereocenters. The molecule has 0 saturated heterocycles. The van der Waals surface area contributed by atoms with Crippen molar-refractivity contribution < 1.29 is 27.1 Å². The highest BCUT2D eigenvalue weighted by Gasteiger charge is 2.61. The molecule has 26 heavy (non-hydrogen) atoms. The van der Waals surface area contributed by atoms with E-state index in [0.29, 0.717) is 0 Å². The van der Waals surface area contributed by atoms with E-state index in [4.69, 9.17) is 11.2 Å². The summed E-state index contributed by atoms with van der Waals surface area (Å²) in [7, 11) is 0. The Balaban J connectivity index is 2.17. The topological polar surface area (TPSA) is 26.3 Å². The van der Waals surface area contributed by atoms with Gasteiger partial charge in [-0.05, 0) is 17.8 Å². The predicted molar refractivity (Wildman–Crippen MR) is 88.8 cm³/mol. The maximum absolute atomic E-state index is 14.0. The van der Waals surface area contributed by atoms with Gasteiger partial charge in [0.25, 0.3) is 0 Å². The fourth-order valence-corrected chi connectivity index (χ4v) is 3.11. The van der Waals surface area contributed by atoms with Crippen LogP contribution in [-0.4, -0.2) is 5.97 Å². The van der Waals surface area contributed by atoms with Gasteiger partial charge in [0.2, 0.25) is 0 Å². The van der Waals surface area contributed by atoms with E-state index in [1.165, 1.54) is 0 Å². The van der Waals surface area contributed by atoms with Crippen LogP contribution in [0.2, 0.25) is 0 Å². The molecule has 140 valence electrons. The Morgan fingerprint density at radius 3 is 2.19 bits per heavy atom. The number of rotatable bonds is 6. The third kappa shape index (κ3) is 3.48. The average Bonchev–Trinajstić information content (AvgIpc) is 3.15. The van der Waals surface area contributed by atoms with Gasteiger partial charge in [0.1, 0.15) is 6.61 Å². The Morgan fingerprint density at radius 2 is 1.69 bits per heavy atom. The molecule has 0 spiro atoms. The van der Waals surface area contributed by atoms with Crippen molar-refractivity contribution in [2.24, 2.45) is 17.3 Å². The van der Waals surface area contributed by atoms with Gasteiger partial charge < -0.3 is 4.74 Å². The fraction of sp³-hybridized carbons (Fsp3) is 0.450. The van der Waals surface area contributed by atoms with Gasteiger partial charge in [-0.3, -0.25) is 4.79 Å². The van der Waals surface area contributed by atoms with Gasteiger partial charge in [-0.1, -0.05) is 32.9 Å². The number of terminal acetylenes is 1. The van der Waals surface area contributed by atoms with Crippen LogP contribution in [0.4, 0.5) is 17.6 Å². The lowest BCUT2D eigenvalue weighted by Crippen LogP contribution is -2.14. The van der Waals surface area contributed by atoms with Crippen LogP contribution >= 0.6 is 0 Å². The number of allylic oxidation sites excluding steroid dienone is 2. The largest absolute Gasteiger partial charge is 0.460 e. The molecule has 1 aromatic rings. The van der Waals surface area contributed by atoms with Gasteiger partial charge in [-0.15, -0.1) is 12.3 Å². The van der Waals surface area contributed by atoms with Crippen LogP contribution in [0.25, 0.3) is 0 Å². The highest BCUT2D eigenvalue weighted by molar-refractivity contribution is 5.78. The Labute approximate surface area is 150 Å². The zero-order chi connectivity index (χ0) is 19.6. The van der Waals surface area contributed by atoms with Crippen molar-refractivity contribution >= 4 is 5.97 Å². The van der Waals surface area contributed by atoms with E-state index in [2.05, 4.69) is 0 Å². The van der Waals surface area contributed by atoms with Crippen LogP contribution in [-0.2, 0) is 22.6 Å². The molecule has 1 aromatic carbocycles. The van der Waals surface area contributed by atoms with Crippen LogP contribution in [0.15, 0.2) is 12.2 Å². The summed E-state index contributed by atoms with van der Waals surface area (Å²) in [6.07, 6.45) is 9.00. The molecule has 1 fully saturated rings. The molecule has 0 bridgehead atoms.